The van der Waals surface area contributed by atoms with Crippen LogP contribution in [0.3, 0.4) is 0 Å². The second-order valence-corrected chi connectivity index (χ2v) is 4.41. The lowest BCUT2D eigenvalue weighted by Crippen LogP contribution is -2.10. The average molecular weight is 299 g/mol. The Labute approximate surface area is 120 Å². The normalized spacial score (nSPS) is 10.4. The van der Waals surface area contributed by atoms with Gasteiger partial charge >= 0.3 is 0 Å². The van der Waals surface area contributed by atoms with Crippen molar-refractivity contribution in [3.05, 3.63) is 46.9 Å². The summed E-state index contributed by atoms with van der Waals surface area (Å²) in [5.74, 6) is -0.366. The fourth-order valence-electron chi connectivity index (χ4n) is 1.77. The van der Waals surface area contributed by atoms with Gasteiger partial charge in [-0.2, -0.15) is 0 Å². The zero-order chi connectivity index (χ0) is 14.5. The molecule has 1 aromatic heterocycles. The van der Waals surface area contributed by atoms with E-state index in [1.165, 1.54) is 12.4 Å². The smallest absolute Gasteiger partial charge is 0.157 e. The number of nitrogens with zero attached hydrogens (tertiary/aromatic N) is 2. The summed E-state index contributed by atoms with van der Waals surface area (Å²) in [7, 11) is 1.70. The summed E-state index contributed by atoms with van der Waals surface area (Å²) in [6, 6.07) is 3.39. The number of halogens is 3. The van der Waals surface area contributed by atoms with E-state index in [4.69, 9.17) is 11.6 Å². The van der Waals surface area contributed by atoms with Crippen LogP contribution in [-0.2, 0) is 6.42 Å². The molecule has 0 atom stereocenters. The molecule has 0 aliphatic rings. The molecule has 0 saturated heterocycles. The molecule has 106 valence electrons. The molecule has 0 unspecified atom stereocenters. The molecule has 0 saturated carbocycles. The predicted molar refractivity (Wildman–Crippen MR) is 75.1 cm³/mol. The first kappa shape index (κ1) is 14.5. The van der Waals surface area contributed by atoms with E-state index in [1.807, 2.05) is 0 Å². The van der Waals surface area contributed by atoms with E-state index in [0.717, 1.165) is 12.1 Å². The minimum Gasteiger partial charge on any atom is -0.383 e. The number of aromatic nitrogens is 2. The van der Waals surface area contributed by atoms with Crippen molar-refractivity contribution in [1.82, 2.24) is 9.97 Å². The molecule has 2 rings (SSSR count). The van der Waals surface area contributed by atoms with Crippen molar-refractivity contribution in [3.8, 4) is 0 Å². The van der Waals surface area contributed by atoms with Crippen molar-refractivity contribution in [2.24, 2.45) is 0 Å². The van der Waals surface area contributed by atoms with E-state index in [-0.39, 0.29) is 0 Å². The maximum absolute atomic E-state index is 13.5. The first-order valence-corrected chi connectivity index (χ1v) is 6.35. The Morgan fingerprint density at radius 1 is 1.25 bits per heavy atom. The minimum absolute atomic E-state index is 0.293. The van der Waals surface area contributed by atoms with Crippen molar-refractivity contribution in [2.75, 3.05) is 24.2 Å². The number of rotatable bonds is 5. The van der Waals surface area contributed by atoms with E-state index >= 15 is 0 Å². The van der Waals surface area contributed by atoms with Gasteiger partial charge in [0, 0.05) is 13.6 Å². The molecule has 0 spiro atoms. The van der Waals surface area contributed by atoms with Crippen LogP contribution in [0.25, 0.3) is 0 Å². The molecule has 2 aromatic rings. The molecule has 1 aromatic carbocycles. The number of anilines is 2. The Hall–Kier alpha value is -1.95. The van der Waals surface area contributed by atoms with E-state index < -0.39 is 11.6 Å². The van der Waals surface area contributed by atoms with Gasteiger partial charge in [-0.25, -0.2) is 18.7 Å². The molecule has 0 aliphatic heterocycles. The molecule has 0 amide bonds. The van der Waals surface area contributed by atoms with Crippen LogP contribution in [-0.4, -0.2) is 23.6 Å². The highest BCUT2D eigenvalue weighted by molar-refractivity contribution is 6.32. The number of hydrogen-bond donors (Lipinski definition) is 2. The van der Waals surface area contributed by atoms with Crippen molar-refractivity contribution in [2.45, 2.75) is 6.42 Å². The van der Waals surface area contributed by atoms with Crippen molar-refractivity contribution in [3.63, 3.8) is 0 Å². The van der Waals surface area contributed by atoms with E-state index in [0.29, 0.717) is 35.2 Å². The minimum atomic E-state index is -0.456. The Morgan fingerprint density at radius 3 is 2.80 bits per heavy atom. The third-order valence-corrected chi connectivity index (χ3v) is 3.03. The first-order chi connectivity index (χ1) is 9.61. The van der Waals surface area contributed by atoms with Gasteiger partial charge in [-0.15, -0.1) is 0 Å². The second kappa shape index (κ2) is 6.47. The van der Waals surface area contributed by atoms with E-state index in [9.17, 15) is 8.78 Å². The number of benzene rings is 1. The molecule has 2 N–H and O–H groups in total. The summed E-state index contributed by atoms with van der Waals surface area (Å²) < 4.78 is 26.5. The topological polar surface area (TPSA) is 49.8 Å². The van der Waals surface area contributed by atoms with Crippen LogP contribution in [0.4, 0.5) is 20.3 Å². The summed E-state index contributed by atoms with van der Waals surface area (Å²) in [5.41, 5.74) is 0.873. The van der Waals surface area contributed by atoms with Crippen LogP contribution in [0.15, 0.2) is 24.5 Å². The van der Waals surface area contributed by atoms with Gasteiger partial charge in [0.05, 0.1) is 0 Å². The summed E-state index contributed by atoms with van der Waals surface area (Å²) in [4.78, 5) is 7.89. The Balaban J connectivity index is 2.03. The van der Waals surface area contributed by atoms with Gasteiger partial charge in [-0.1, -0.05) is 11.6 Å². The van der Waals surface area contributed by atoms with Crippen LogP contribution in [0.5, 0.6) is 0 Å². The van der Waals surface area contributed by atoms with Gasteiger partial charge in [0.15, 0.2) is 11.0 Å². The standard InChI is InChI=1S/C13H13ClF2N4/c1-17-11-12(14)19-7-20-13(11)18-5-4-8-6-9(15)2-3-10(8)16/h2-3,6-7,17H,4-5H2,1H3,(H,18,19,20). The average Bonchev–Trinajstić information content (AvgIpc) is 2.43. The molecule has 0 radical (unpaired) electrons. The quantitative estimate of drug-likeness (QED) is 0.833. The molecule has 1 heterocycles. The lowest BCUT2D eigenvalue weighted by Gasteiger charge is -2.11. The van der Waals surface area contributed by atoms with Crippen LogP contribution < -0.4 is 10.6 Å². The van der Waals surface area contributed by atoms with Gasteiger partial charge < -0.3 is 10.6 Å². The van der Waals surface area contributed by atoms with Crippen molar-refractivity contribution < 1.29 is 8.78 Å². The fourth-order valence-corrected chi connectivity index (χ4v) is 2.00. The van der Waals surface area contributed by atoms with E-state index in [1.54, 1.807) is 7.05 Å². The Bertz CT molecular complexity index is 607. The zero-order valence-electron chi connectivity index (χ0n) is 10.8. The van der Waals surface area contributed by atoms with E-state index in [2.05, 4.69) is 20.6 Å². The van der Waals surface area contributed by atoms with Gasteiger partial charge in [0.2, 0.25) is 0 Å². The molecule has 0 aliphatic carbocycles. The lowest BCUT2D eigenvalue weighted by atomic mass is 10.1. The maximum atomic E-state index is 13.5. The molecule has 0 bridgehead atoms. The molecular weight excluding hydrogens is 286 g/mol. The highest BCUT2D eigenvalue weighted by Gasteiger charge is 2.08. The Morgan fingerprint density at radius 2 is 2.05 bits per heavy atom. The molecular formula is C13H13ClF2N4. The van der Waals surface area contributed by atoms with Crippen LogP contribution in [0.2, 0.25) is 5.15 Å². The SMILES string of the molecule is CNc1c(Cl)ncnc1NCCc1cc(F)ccc1F. The molecule has 20 heavy (non-hydrogen) atoms. The lowest BCUT2D eigenvalue weighted by molar-refractivity contribution is 0.586. The van der Waals surface area contributed by atoms with Crippen LogP contribution >= 0.6 is 11.6 Å². The maximum Gasteiger partial charge on any atom is 0.157 e. The van der Waals surface area contributed by atoms with Crippen molar-refractivity contribution in [1.29, 1.82) is 0 Å². The Kier molecular flexibility index (Phi) is 4.68. The highest BCUT2D eigenvalue weighted by Crippen LogP contribution is 2.25. The van der Waals surface area contributed by atoms with Crippen molar-refractivity contribution >= 4 is 23.1 Å². The van der Waals surface area contributed by atoms with Gasteiger partial charge in [0.1, 0.15) is 23.6 Å². The summed E-state index contributed by atoms with van der Waals surface area (Å²) in [6.45, 7) is 0.391. The third kappa shape index (κ3) is 3.33. The third-order valence-electron chi connectivity index (χ3n) is 2.75. The monoisotopic (exact) mass is 298 g/mol. The summed E-state index contributed by atoms with van der Waals surface area (Å²) in [6.07, 6.45) is 1.66. The summed E-state index contributed by atoms with van der Waals surface area (Å²) >= 11 is 5.91. The highest BCUT2D eigenvalue weighted by atomic mass is 35.5. The van der Waals surface area contributed by atoms with Crippen LogP contribution in [0, 0.1) is 11.6 Å². The molecule has 7 heteroatoms. The predicted octanol–water partition coefficient (Wildman–Crippen LogP) is 3.10. The molecule has 0 fully saturated rings. The largest absolute Gasteiger partial charge is 0.383 e. The van der Waals surface area contributed by atoms with Crippen LogP contribution in [0.1, 0.15) is 5.56 Å². The van der Waals surface area contributed by atoms with Gasteiger partial charge in [-0.3, -0.25) is 0 Å². The summed E-state index contributed by atoms with van der Waals surface area (Å²) in [5, 5.41) is 6.19. The fraction of sp³-hybridized carbons (Fsp3) is 0.231. The number of hydrogen-bond acceptors (Lipinski definition) is 4. The van der Waals surface area contributed by atoms with Gasteiger partial charge in [0.25, 0.3) is 0 Å². The van der Waals surface area contributed by atoms with Gasteiger partial charge in [-0.05, 0) is 30.2 Å². The number of nitrogens with one attached hydrogen (secondary N) is 2. The first-order valence-electron chi connectivity index (χ1n) is 5.98. The zero-order valence-corrected chi connectivity index (χ0v) is 11.5. The molecule has 4 nitrogen and oxygen atoms in total. The second-order valence-electron chi connectivity index (χ2n) is 4.05.